The lowest BCUT2D eigenvalue weighted by Crippen LogP contribution is -2.38. The van der Waals surface area contributed by atoms with E-state index in [2.05, 4.69) is 15.7 Å². The minimum absolute atomic E-state index is 0.0409. The number of hydrogen-bond donors (Lipinski definition) is 2. The van der Waals surface area contributed by atoms with Crippen molar-refractivity contribution in [1.82, 2.24) is 15.1 Å². The van der Waals surface area contributed by atoms with Gasteiger partial charge in [-0.3, -0.25) is 14.3 Å². The molecule has 8 nitrogen and oxygen atoms in total. The van der Waals surface area contributed by atoms with Gasteiger partial charge in [-0.15, -0.1) is 11.3 Å². The average Bonchev–Trinajstić information content (AvgIpc) is 3.18. The summed E-state index contributed by atoms with van der Waals surface area (Å²) >= 11 is 1.15. The van der Waals surface area contributed by atoms with E-state index in [1.54, 1.807) is 20.8 Å². The number of aromatic nitrogens is 2. The maximum absolute atomic E-state index is 12.8. The normalized spacial score (nSPS) is 12.4. The van der Waals surface area contributed by atoms with Gasteiger partial charge >= 0.3 is 24.0 Å². The molecule has 0 aliphatic rings. The molecule has 0 saturated heterocycles. The van der Waals surface area contributed by atoms with Crippen molar-refractivity contribution in [2.45, 2.75) is 40.4 Å². The number of rotatable bonds is 6. The van der Waals surface area contributed by atoms with Gasteiger partial charge in [0.05, 0.1) is 12.7 Å². The number of hydrogen-bond acceptors (Lipinski definition) is 6. The van der Waals surface area contributed by atoms with E-state index < -0.39 is 29.7 Å². The Bertz CT molecular complexity index is 997. The number of esters is 1. The summed E-state index contributed by atoms with van der Waals surface area (Å²) in [6.45, 7) is 6.85. The SMILES string of the molecule is COC(=O)c1c(NC(=O)C(=O)NC[C@@H](C)Cn2nc(C(F)(F)F)cc2C)sc(C)c1C. The highest BCUT2D eigenvalue weighted by atomic mass is 32.1. The van der Waals surface area contributed by atoms with E-state index in [1.165, 1.54) is 18.7 Å². The first-order chi connectivity index (χ1) is 14.3. The first kappa shape index (κ1) is 24.4. The number of aryl methyl sites for hydroxylation is 2. The number of nitrogens with one attached hydrogen (secondary N) is 2. The topological polar surface area (TPSA) is 102 Å². The molecule has 0 spiro atoms. The van der Waals surface area contributed by atoms with Crippen molar-refractivity contribution >= 4 is 34.1 Å². The van der Waals surface area contributed by atoms with Gasteiger partial charge in [0.1, 0.15) is 5.00 Å². The third-order valence-electron chi connectivity index (χ3n) is 4.58. The number of thiophene rings is 1. The Hall–Kier alpha value is -2.89. The quantitative estimate of drug-likeness (QED) is 0.510. The Morgan fingerprint density at radius 2 is 1.87 bits per heavy atom. The van der Waals surface area contributed by atoms with Crippen LogP contribution in [0.15, 0.2) is 6.07 Å². The Morgan fingerprint density at radius 1 is 1.23 bits per heavy atom. The van der Waals surface area contributed by atoms with Crippen LogP contribution in [0, 0.1) is 26.7 Å². The van der Waals surface area contributed by atoms with Crippen molar-refractivity contribution in [3.05, 3.63) is 33.5 Å². The van der Waals surface area contributed by atoms with Crippen molar-refractivity contribution < 1.29 is 32.3 Å². The van der Waals surface area contributed by atoms with Crippen LogP contribution in [-0.2, 0) is 27.0 Å². The summed E-state index contributed by atoms with van der Waals surface area (Å²) in [6, 6.07) is 0.947. The van der Waals surface area contributed by atoms with Crippen molar-refractivity contribution in [2.75, 3.05) is 19.0 Å². The van der Waals surface area contributed by atoms with E-state index in [0.29, 0.717) is 11.3 Å². The molecule has 2 aromatic rings. The lowest BCUT2D eigenvalue weighted by atomic mass is 10.1. The summed E-state index contributed by atoms with van der Waals surface area (Å²) in [5.41, 5.74) is 0.189. The van der Waals surface area contributed by atoms with Gasteiger partial charge < -0.3 is 15.4 Å². The Balaban J connectivity index is 1.96. The summed E-state index contributed by atoms with van der Waals surface area (Å²) < 4.78 is 44.2. The van der Waals surface area contributed by atoms with Crippen LogP contribution in [0.1, 0.15) is 39.1 Å². The summed E-state index contributed by atoms with van der Waals surface area (Å²) in [5, 5.41) is 8.60. The number of nitrogens with zero attached hydrogens (tertiary/aromatic N) is 2. The second-order valence-corrected chi connectivity index (χ2v) is 8.32. The largest absolute Gasteiger partial charge is 0.465 e. The molecule has 2 amide bonds. The fourth-order valence-corrected chi connectivity index (χ4v) is 3.81. The number of anilines is 1. The second-order valence-electron chi connectivity index (χ2n) is 7.10. The summed E-state index contributed by atoms with van der Waals surface area (Å²) in [4.78, 5) is 37.1. The Kier molecular flexibility index (Phi) is 7.47. The number of alkyl halides is 3. The van der Waals surface area contributed by atoms with Crippen LogP contribution < -0.4 is 10.6 Å². The second kappa shape index (κ2) is 9.50. The van der Waals surface area contributed by atoms with Crippen LogP contribution in [0.5, 0.6) is 0 Å². The van der Waals surface area contributed by atoms with Crippen molar-refractivity contribution in [2.24, 2.45) is 5.92 Å². The highest BCUT2D eigenvalue weighted by molar-refractivity contribution is 7.17. The molecular formula is C19H23F3N4O4S. The lowest BCUT2D eigenvalue weighted by Gasteiger charge is -2.14. The predicted octanol–water partition coefficient (Wildman–Crippen LogP) is 3.07. The number of carbonyl (C=O) groups excluding carboxylic acids is 3. The zero-order chi connectivity index (χ0) is 23.5. The zero-order valence-corrected chi connectivity index (χ0v) is 18.5. The van der Waals surface area contributed by atoms with Gasteiger partial charge in [0, 0.05) is 23.7 Å². The number of amides is 2. The Labute approximate surface area is 180 Å². The molecular weight excluding hydrogens is 437 g/mol. The third-order valence-corrected chi connectivity index (χ3v) is 5.70. The van der Waals surface area contributed by atoms with E-state index in [0.717, 1.165) is 22.3 Å². The van der Waals surface area contributed by atoms with Crippen LogP contribution in [-0.4, -0.2) is 41.2 Å². The molecule has 0 fully saturated rings. The van der Waals surface area contributed by atoms with E-state index >= 15 is 0 Å². The molecule has 0 bridgehead atoms. The molecule has 0 aromatic carbocycles. The van der Waals surface area contributed by atoms with Crippen LogP contribution in [0.3, 0.4) is 0 Å². The zero-order valence-electron chi connectivity index (χ0n) is 17.6. The minimum Gasteiger partial charge on any atom is -0.465 e. The maximum atomic E-state index is 12.8. The molecule has 1 atom stereocenters. The molecule has 2 heterocycles. The van der Waals surface area contributed by atoms with E-state index in [1.807, 2.05) is 0 Å². The van der Waals surface area contributed by atoms with Crippen LogP contribution in [0.25, 0.3) is 0 Å². The van der Waals surface area contributed by atoms with Gasteiger partial charge in [0.15, 0.2) is 5.69 Å². The van der Waals surface area contributed by atoms with Crippen LogP contribution >= 0.6 is 11.3 Å². The lowest BCUT2D eigenvalue weighted by molar-refractivity contribution is -0.141. The van der Waals surface area contributed by atoms with Gasteiger partial charge in [-0.2, -0.15) is 18.3 Å². The monoisotopic (exact) mass is 460 g/mol. The fourth-order valence-electron chi connectivity index (χ4n) is 2.76. The summed E-state index contributed by atoms with van der Waals surface area (Å²) in [7, 11) is 1.22. The number of methoxy groups -OCH3 is 1. The van der Waals surface area contributed by atoms with Crippen LogP contribution in [0.4, 0.5) is 18.2 Å². The van der Waals surface area contributed by atoms with Gasteiger partial charge in [-0.1, -0.05) is 6.92 Å². The maximum Gasteiger partial charge on any atom is 0.435 e. The van der Waals surface area contributed by atoms with Gasteiger partial charge in [-0.25, -0.2) is 4.79 Å². The highest BCUT2D eigenvalue weighted by Crippen LogP contribution is 2.33. The van der Waals surface area contributed by atoms with E-state index in [-0.39, 0.29) is 29.6 Å². The Morgan fingerprint density at radius 3 is 2.42 bits per heavy atom. The molecule has 2 rings (SSSR count). The number of carbonyl (C=O) groups is 3. The van der Waals surface area contributed by atoms with Crippen LogP contribution in [0.2, 0.25) is 0 Å². The van der Waals surface area contributed by atoms with Gasteiger partial charge in [0.25, 0.3) is 0 Å². The number of ether oxygens (including phenoxy) is 1. The molecule has 0 unspecified atom stereocenters. The molecule has 0 aliphatic heterocycles. The number of halogens is 3. The smallest absolute Gasteiger partial charge is 0.435 e. The standard InChI is InChI=1S/C19H23F3N4O4S/c1-9(8-26-10(2)6-13(25-26)19(20,21)22)7-23-15(27)16(28)24-17-14(18(29)30-5)11(3)12(4)31-17/h6,9H,7-8H2,1-5H3,(H,23,27)(H,24,28)/t9-/m1/s1. The fraction of sp³-hybridized carbons (Fsp3) is 0.474. The molecule has 170 valence electrons. The molecule has 12 heteroatoms. The summed E-state index contributed by atoms with van der Waals surface area (Å²) in [5.74, 6) is -2.82. The molecule has 0 saturated carbocycles. The van der Waals surface area contributed by atoms with Crippen molar-refractivity contribution in [1.29, 1.82) is 0 Å². The predicted molar refractivity (Wildman–Crippen MR) is 108 cm³/mol. The molecule has 2 N–H and O–H groups in total. The third kappa shape index (κ3) is 5.84. The van der Waals surface area contributed by atoms with Crippen molar-refractivity contribution in [3.63, 3.8) is 0 Å². The van der Waals surface area contributed by atoms with Gasteiger partial charge in [0.2, 0.25) is 0 Å². The average molecular weight is 460 g/mol. The van der Waals surface area contributed by atoms with E-state index in [9.17, 15) is 27.6 Å². The molecule has 31 heavy (non-hydrogen) atoms. The van der Waals surface area contributed by atoms with E-state index in [4.69, 9.17) is 4.74 Å². The molecule has 0 aliphatic carbocycles. The van der Waals surface area contributed by atoms with Crippen molar-refractivity contribution in [3.8, 4) is 0 Å². The molecule has 2 aromatic heterocycles. The first-order valence-electron chi connectivity index (χ1n) is 9.24. The minimum atomic E-state index is -4.53. The highest BCUT2D eigenvalue weighted by Gasteiger charge is 2.34. The summed E-state index contributed by atoms with van der Waals surface area (Å²) in [6.07, 6.45) is -4.53. The molecule has 0 radical (unpaired) electrons. The first-order valence-corrected chi connectivity index (χ1v) is 10.1. The van der Waals surface area contributed by atoms with Gasteiger partial charge in [-0.05, 0) is 38.3 Å².